The minimum Gasteiger partial charge on any atom is -0.493 e. The Labute approximate surface area is 192 Å². The average Bonchev–Trinajstić information content (AvgIpc) is 3.09. The third-order valence-electron chi connectivity index (χ3n) is 4.47. The Kier molecular flexibility index (Phi) is 8.13. The third-order valence-corrected chi connectivity index (χ3v) is 6.64. The zero-order valence-electron chi connectivity index (χ0n) is 16.5. The molecule has 1 aromatic heterocycles. The molecule has 2 aromatic carbocycles. The number of thiophene rings is 1. The molecule has 30 heavy (non-hydrogen) atoms. The van der Waals surface area contributed by atoms with E-state index in [-0.39, 0.29) is 0 Å². The van der Waals surface area contributed by atoms with Crippen molar-refractivity contribution in [3.05, 3.63) is 62.4 Å². The zero-order chi connectivity index (χ0) is 21.5. The molecule has 0 aliphatic rings. The number of carbonyl (C=O) groups excluding carboxylic acids is 2. The fourth-order valence-electron chi connectivity index (χ4n) is 2.91. The average molecular weight is 510 g/mol. The van der Waals surface area contributed by atoms with Gasteiger partial charge >= 0.3 is 0 Å². The topological polar surface area (TPSA) is 67.4 Å². The first kappa shape index (κ1) is 22.6. The Morgan fingerprint density at radius 1 is 1.07 bits per heavy atom. The lowest BCUT2D eigenvalue weighted by Gasteiger charge is -2.13. The lowest BCUT2D eigenvalue weighted by Crippen LogP contribution is -2.41. The number of benzene rings is 2. The standard InChI is InChI=1S/C22H22BrClN2O3S/c1-2-3-4-7-12-29-17-11-10-14(23)13-16(17)21(27)25-26-22(28)20-19(24)15-8-5-6-9-18(15)30-20/h5-6,8-11,13H,2-4,7,12H2,1H3,(H,25,27)(H,26,28). The summed E-state index contributed by atoms with van der Waals surface area (Å²) < 4.78 is 7.44. The molecule has 5 nitrogen and oxygen atoms in total. The monoisotopic (exact) mass is 508 g/mol. The number of rotatable bonds is 8. The number of hydrogen-bond acceptors (Lipinski definition) is 4. The van der Waals surface area contributed by atoms with Gasteiger partial charge in [0, 0.05) is 14.6 Å². The first-order valence-corrected chi connectivity index (χ1v) is 11.7. The van der Waals surface area contributed by atoms with Crippen LogP contribution in [0.1, 0.15) is 52.6 Å². The first-order chi connectivity index (χ1) is 14.5. The molecule has 2 amide bonds. The summed E-state index contributed by atoms with van der Waals surface area (Å²) in [5, 5.41) is 1.19. The minimum absolute atomic E-state index is 0.336. The largest absolute Gasteiger partial charge is 0.493 e. The number of unbranched alkanes of at least 4 members (excludes halogenated alkanes) is 3. The molecule has 0 unspecified atom stereocenters. The number of amides is 2. The molecule has 0 aliphatic carbocycles. The van der Waals surface area contributed by atoms with Crippen LogP contribution in [0.2, 0.25) is 5.02 Å². The van der Waals surface area contributed by atoms with Crippen LogP contribution in [0.5, 0.6) is 5.75 Å². The summed E-state index contributed by atoms with van der Waals surface area (Å²) in [4.78, 5) is 25.6. The summed E-state index contributed by atoms with van der Waals surface area (Å²) in [6, 6.07) is 12.7. The van der Waals surface area contributed by atoms with E-state index in [0.29, 0.717) is 27.8 Å². The second-order valence-electron chi connectivity index (χ2n) is 6.70. The van der Waals surface area contributed by atoms with Crippen molar-refractivity contribution < 1.29 is 14.3 Å². The predicted octanol–water partition coefficient (Wildman–Crippen LogP) is 6.35. The number of halogens is 2. The predicted molar refractivity (Wildman–Crippen MR) is 126 cm³/mol. The number of fused-ring (bicyclic) bond motifs is 1. The van der Waals surface area contributed by atoms with Gasteiger partial charge in [-0.25, -0.2) is 0 Å². The van der Waals surface area contributed by atoms with Gasteiger partial charge < -0.3 is 4.74 Å². The van der Waals surface area contributed by atoms with Gasteiger partial charge in [-0.15, -0.1) is 11.3 Å². The number of carbonyl (C=O) groups is 2. The van der Waals surface area contributed by atoms with Crippen LogP contribution in [-0.4, -0.2) is 18.4 Å². The molecule has 0 bridgehead atoms. The normalized spacial score (nSPS) is 10.8. The van der Waals surface area contributed by atoms with Crippen molar-refractivity contribution >= 4 is 60.8 Å². The minimum atomic E-state index is -0.467. The van der Waals surface area contributed by atoms with Crippen molar-refractivity contribution in [2.45, 2.75) is 32.6 Å². The van der Waals surface area contributed by atoms with Crippen LogP contribution in [0, 0.1) is 0 Å². The lowest BCUT2D eigenvalue weighted by atomic mass is 10.2. The molecule has 3 aromatic rings. The van der Waals surface area contributed by atoms with E-state index in [1.807, 2.05) is 30.3 Å². The fraction of sp³-hybridized carbons (Fsp3) is 0.273. The Morgan fingerprint density at radius 3 is 2.60 bits per heavy atom. The highest BCUT2D eigenvalue weighted by molar-refractivity contribution is 9.10. The second-order valence-corrected chi connectivity index (χ2v) is 9.05. The van der Waals surface area contributed by atoms with E-state index in [1.54, 1.807) is 12.1 Å². The Morgan fingerprint density at radius 2 is 1.83 bits per heavy atom. The van der Waals surface area contributed by atoms with Gasteiger partial charge in [0.1, 0.15) is 10.6 Å². The van der Waals surface area contributed by atoms with Gasteiger partial charge in [0.25, 0.3) is 11.8 Å². The number of hydrogen-bond donors (Lipinski definition) is 2. The van der Waals surface area contributed by atoms with Crippen LogP contribution < -0.4 is 15.6 Å². The van der Waals surface area contributed by atoms with E-state index in [1.165, 1.54) is 11.3 Å². The molecule has 8 heteroatoms. The lowest BCUT2D eigenvalue weighted by molar-refractivity contribution is 0.0846. The van der Waals surface area contributed by atoms with Crippen molar-refractivity contribution in [2.24, 2.45) is 0 Å². The number of ether oxygens (including phenoxy) is 1. The van der Waals surface area contributed by atoms with Crippen LogP contribution in [0.3, 0.4) is 0 Å². The Balaban J connectivity index is 1.65. The SMILES string of the molecule is CCCCCCOc1ccc(Br)cc1C(=O)NNC(=O)c1sc2ccccc2c1Cl. The summed E-state index contributed by atoms with van der Waals surface area (Å²) in [7, 11) is 0. The highest BCUT2D eigenvalue weighted by atomic mass is 79.9. The maximum Gasteiger partial charge on any atom is 0.281 e. The molecule has 0 aliphatic heterocycles. The smallest absolute Gasteiger partial charge is 0.281 e. The Hall–Kier alpha value is -2.09. The summed E-state index contributed by atoms with van der Waals surface area (Å²) in [5.41, 5.74) is 5.24. The van der Waals surface area contributed by atoms with Gasteiger partial charge in [0.2, 0.25) is 0 Å². The molecule has 0 spiro atoms. The molecule has 0 saturated carbocycles. The highest BCUT2D eigenvalue weighted by Crippen LogP contribution is 2.34. The maximum atomic E-state index is 12.7. The molecule has 0 saturated heterocycles. The van der Waals surface area contributed by atoms with Gasteiger partial charge in [0.05, 0.1) is 17.2 Å². The number of nitrogens with one attached hydrogen (secondary N) is 2. The molecule has 158 valence electrons. The molecule has 0 atom stereocenters. The van der Waals surface area contributed by atoms with Gasteiger partial charge in [0.15, 0.2) is 0 Å². The van der Waals surface area contributed by atoms with Crippen molar-refractivity contribution in [3.63, 3.8) is 0 Å². The van der Waals surface area contributed by atoms with Crippen molar-refractivity contribution in [3.8, 4) is 5.75 Å². The van der Waals surface area contributed by atoms with Crippen LogP contribution in [0.25, 0.3) is 10.1 Å². The third kappa shape index (κ3) is 5.53. The second kappa shape index (κ2) is 10.8. The van der Waals surface area contributed by atoms with Crippen molar-refractivity contribution in [1.29, 1.82) is 0 Å². The molecule has 0 fully saturated rings. The van der Waals surface area contributed by atoms with Gasteiger partial charge in [-0.3, -0.25) is 20.4 Å². The van der Waals surface area contributed by atoms with Crippen LogP contribution in [0.15, 0.2) is 46.9 Å². The summed E-state index contributed by atoms with van der Waals surface area (Å²) in [6.45, 7) is 2.68. The van der Waals surface area contributed by atoms with Crippen LogP contribution >= 0.6 is 38.9 Å². The van der Waals surface area contributed by atoms with E-state index in [9.17, 15) is 9.59 Å². The van der Waals surface area contributed by atoms with Crippen LogP contribution in [0.4, 0.5) is 0 Å². The van der Waals surface area contributed by atoms with E-state index in [4.69, 9.17) is 16.3 Å². The molecular formula is C22H22BrClN2O3S. The van der Waals surface area contributed by atoms with Gasteiger partial charge in [-0.05, 0) is 30.7 Å². The van der Waals surface area contributed by atoms with Crippen molar-refractivity contribution in [1.82, 2.24) is 10.9 Å². The summed E-state index contributed by atoms with van der Waals surface area (Å²) in [6.07, 6.45) is 4.31. The molecule has 2 N–H and O–H groups in total. The maximum absolute atomic E-state index is 12.7. The van der Waals surface area contributed by atoms with Gasteiger partial charge in [-0.1, -0.05) is 71.9 Å². The first-order valence-electron chi connectivity index (χ1n) is 9.71. The number of hydrazine groups is 1. The molecule has 0 radical (unpaired) electrons. The summed E-state index contributed by atoms with van der Waals surface area (Å²) >= 11 is 11.0. The summed E-state index contributed by atoms with van der Waals surface area (Å²) in [5.74, 6) is -0.460. The van der Waals surface area contributed by atoms with E-state index in [2.05, 4.69) is 33.7 Å². The van der Waals surface area contributed by atoms with E-state index < -0.39 is 11.8 Å². The quantitative estimate of drug-likeness (QED) is 0.275. The molecular weight excluding hydrogens is 488 g/mol. The Bertz CT molecular complexity index is 1050. The fourth-order valence-corrected chi connectivity index (χ4v) is 4.69. The highest BCUT2D eigenvalue weighted by Gasteiger charge is 2.19. The van der Waals surface area contributed by atoms with E-state index >= 15 is 0 Å². The van der Waals surface area contributed by atoms with E-state index in [0.717, 1.165) is 40.2 Å². The van der Waals surface area contributed by atoms with Crippen LogP contribution in [-0.2, 0) is 0 Å². The molecule has 3 rings (SSSR count). The van der Waals surface area contributed by atoms with Crippen molar-refractivity contribution in [2.75, 3.05) is 6.61 Å². The zero-order valence-corrected chi connectivity index (χ0v) is 19.6. The molecule has 1 heterocycles. The van der Waals surface area contributed by atoms with Gasteiger partial charge in [-0.2, -0.15) is 0 Å².